The van der Waals surface area contributed by atoms with E-state index in [0.717, 1.165) is 23.5 Å². The van der Waals surface area contributed by atoms with Gasteiger partial charge in [0.1, 0.15) is 4.88 Å². The van der Waals surface area contributed by atoms with Crippen molar-refractivity contribution in [2.24, 2.45) is 5.73 Å². The first-order valence-corrected chi connectivity index (χ1v) is 6.53. The summed E-state index contributed by atoms with van der Waals surface area (Å²) in [7, 11) is 0. The number of nitrogen functional groups attached to an aromatic ring is 1. The minimum absolute atomic E-state index is 0.0608. The Bertz CT molecular complexity index is 651. The minimum Gasteiger partial charge on any atom is -0.397 e. The lowest BCUT2D eigenvalue weighted by Gasteiger charge is -2.06. The number of hydrogen-bond donors (Lipinski definition) is 3. The first kappa shape index (κ1) is 14.6. The van der Waals surface area contributed by atoms with E-state index in [0.29, 0.717) is 4.70 Å². The van der Waals surface area contributed by atoms with Crippen molar-refractivity contribution in [3.05, 3.63) is 28.6 Å². The smallest absolute Gasteiger partial charge is 0.397 e. The molecule has 0 aliphatic rings. The molecule has 8 heteroatoms. The van der Waals surface area contributed by atoms with Gasteiger partial charge in [-0.1, -0.05) is 0 Å². The molecule has 20 heavy (non-hydrogen) atoms. The van der Waals surface area contributed by atoms with Crippen molar-refractivity contribution in [3.63, 3.8) is 0 Å². The maximum atomic E-state index is 12.6. The van der Waals surface area contributed by atoms with Crippen molar-refractivity contribution in [1.82, 2.24) is 5.32 Å². The molecule has 2 aromatic rings. The maximum absolute atomic E-state index is 12.6. The van der Waals surface area contributed by atoms with Gasteiger partial charge in [0.15, 0.2) is 0 Å². The monoisotopic (exact) mass is 303 g/mol. The highest BCUT2D eigenvalue weighted by molar-refractivity contribution is 7.21. The zero-order chi connectivity index (χ0) is 14.9. The molecule has 108 valence electrons. The van der Waals surface area contributed by atoms with Crippen LogP contribution in [0.3, 0.4) is 0 Å². The fraction of sp³-hybridized carbons (Fsp3) is 0.250. The van der Waals surface area contributed by atoms with Gasteiger partial charge < -0.3 is 16.8 Å². The Labute approximate surface area is 116 Å². The summed E-state index contributed by atoms with van der Waals surface area (Å²) in [4.78, 5) is 12.0. The predicted molar refractivity (Wildman–Crippen MR) is 72.6 cm³/mol. The summed E-state index contributed by atoms with van der Waals surface area (Å²) in [5.41, 5.74) is 10.3. The number of carbonyl (C=O) groups excluding carboxylic acids is 1. The molecule has 0 spiro atoms. The highest BCUT2D eigenvalue weighted by Crippen LogP contribution is 2.38. The highest BCUT2D eigenvalue weighted by atomic mass is 32.1. The van der Waals surface area contributed by atoms with Gasteiger partial charge in [-0.3, -0.25) is 4.79 Å². The van der Waals surface area contributed by atoms with Crippen LogP contribution in [0.2, 0.25) is 0 Å². The highest BCUT2D eigenvalue weighted by Gasteiger charge is 2.31. The summed E-state index contributed by atoms with van der Waals surface area (Å²) < 4.78 is 38.5. The number of thiophene rings is 1. The van der Waals surface area contributed by atoms with Gasteiger partial charge in [-0.15, -0.1) is 11.3 Å². The van der Waals surface area contributed by atoms with Crippen LogP contribution in [0.4, 0.5) is 18.9 Å². The largest absolute Gasteiger partial charge is 0.416 e. The third-order valence-corrected chi connectivity index (χ3v) is 3.88. The molecule has 1 heterocycles. The van der Waals surface area contributed by atoms with Crippen molar-refractivity contribution in [1.29, 1.82) is 0 Å². The molecule has 1 aromatic carbocycles. The number of hydrogen-bond acceptors (Lipinski definition) is 4. The van der Waals surface area contributed by atoms with Crippen LogP contribution in [0.25, 0.3) is 10.1 Å². The van der Waals surface area contributed by atoms with Crippen molar-refractivity contribution >= 4 is 33.0 Å². The number of fused-ring (bicyclic) bond motifs is 1. The van der Waals surface area contributed by atoms with Crippen LogP contribution in [-0.4, -0.2) is 19.0 Å². The van der Waals surface area contributed by atoms with Crippen LogP contribution in [0.15, 0.2) is 18.2 Å². The number of benzene rings is 1. The average molecular weight is 303 g/mol. The molecule has 0 aliphatic carbocycles. The number of halogens is 3. The van der Waals surface area contributed by atoms with Crippen LogP contribution in [0.1, 0.15) is 15.2 Å². The van der Waals surface area contributed by atoms with E-state index in [9.17, 15) is 18.0 Å². The fourth-order valence-electron chi connectivity index (χ4n) is 1.73. The molecule has 0 unspecified atom stereocenters. The molecule has 1 aromatic heterocycles. The molecule has 2 rings (SSSR count). The van der Waals surface area contributed by atoms with Gasteiger partial charge in [0, 0.05) is 23.2 Å². The molecule has 0 aliphatic heterocycles. The molecule has 0 fully saturated rings. The SMILES string of the molecule is NCCNC(=O)c1sc2ccc(C(F)(F)F)cc2c1N. The fourth-order valence-corrected chi connectivity index (χ4v) is 2.75. The third kappa shape index (κ3) is 2.70. The molecule has 5 N–H and O–H groups in total. The lowest BCUT2D eigenvalue weighted by atomic mass is 10.1. The molecule has 0 radical (unpaired) electrons. The van der Waals surface area contributed by atoms with Gasteiger partial charge in [-0.05, 0) is 18.2 Å². The van der Waals surface area contributed by atoms with Crippen molar-refractivity contribution in [2.45, 2.75) is 6.18 Å². The standard InChI is InChI=1S/C12H12F3N3OS/c13-12(14,15)6-1-2-8-7(5-6)9(17)10(20-8)11(19)18-4-3-16/h1-2,5H,3-4,16-17H2,(H,18,19). The van der Waals surface area contributed by atoms with E-state index in [1.807, 2.05) is 0 Å². The lowest BCUT2D eigenvalue weighted by molar-refractivity contribution is -0.137. The number of anilines is 1. The second-order valence-corrected chi connectivity index (χ2v) is 5.15. The van der Waals surface area contributed by atoms with Gasteiger partial charge in [-0.2, -0.15) is 13.2 Å². The molecular weight excluding hydrogens is 291 g/mol. The first-order chi connectivity index (χ1) is 9.34. The number of alkyl halides is 3. The van der Waals surface area contributed by atoms with E-state index in [1.54, 1.807) is 0 Å². The summed E-state index contributed by atoms with van der Waals surface area (Å²) in [6, 6.07) is 3.25. The van der Waals surface area contributed by atoms with E-state index in [4.69, 9.17) is 11.5 Å². The van der Waals surface area contributed by atoms with Crippen molar-refractivity contribution in [3.8, 4) is 0 Å². The Balaban J connectivity index is 2.45. The summed E-state index contributed by atoms with van der Waals surface area (Å²) in [6.45, 7) is 0.551. The second kappa shape index (κ2) is 5.29. The van der Waals surface area contributed by atoms with E-state index >= 15 is 0 Å². The van der Waals surface area contributed by atoms with Crippen LogP contribution in [-0.2, 0) is 6.18 Å². The Morgan fingerprint density at radius 1 is 1.35 bits per heavy atom. The van der Waals surface area contributed by atoms with Crippen LogP contribution in [0, 0.1) is 0 Å². The van der Waals surface area contributed by atoms with Crippen LogP contribution >= 0.6 is 11.3 Å². The molecule has 1 amide bonds. The number of nitrogens with two attached hydrogens (primary N) is 2. The topological polar surface area (TPSA) is 81.1 Å². The van der Waals surface area contributed by atoms with Gasteiger partial charge in [0.2, 0.25) is 0 Å². The Kier molecular flexibility index (Phi) is 3.87. The Hall–Kier alpha value is -1.80. The zero-order valence-corrected chi connectivity index (χ0v) is 11.1. The third-order valence-electron chi connectivity index (χ3n) is 2.69. The Morgan fingerprint density at radius 2 is 2.05 bits per heavy atom. The minimum atomic E-state index is -4.44. The average Bonchev–Trinajstić information content (AvgIpc) is 2.72. The van der Waals surface area contributed by atoms with Gasteiger partial charge in [-0.25, -0.2) is 0 Å². The number of rotatable bonds is 3. The molecular formula is C12H12F3N3OS. The van der Waals surface area contributed by atoms with E-state index < -0.39 is 17.6 Å². The Morgan fingerprint density at radius 3 is 2.65 bits per heavy atom. The zero-order valence-electron chi connectivity index (χ0n) is 10.3. The van der Waals surface area contributed by atoms with Crippen LogP contribution in [0.5, 0.6) is 0 Å². The predicted octanol–water partition coefficient (Wildman–Crippen LogP) is 2.19. The second-order valence-electron chi connectivity index (χ2n) is 4.10. The van der Waals surface area contributed by atoms with Crippen molar-refractivity contribution in [2.75, 3.05) is 18.8 Å². The number of nitrogens with one attached hydrogen (secondary N) is 1. The van der Waals surface area contributed by atoms with Crippen molar-refractivity contribution < 1.29 is 18.0 Å². The molecule has 0 saturated heterocycles. The van der Waals surface area contributed by atoms with Gasteiger partial charge in [0.25, 0.3) is 5.91 Å². The lowest BCUT2D eigenvalue weighted by Crippen LogP contribution is -2.28. The molecule has 0 bridgehead atoms. The molecule has 0 atom stereocenters. The number of amides is 1. The molecule has 4 nitrogen and oxygen atoms in total. The quantitative estimate of drug-likeness (QED) is 0.813. The summed E-state index contributed by atoms with van der Waals surface area (Å²) >= 11 is 1.06. The summed E-state index contributed by atoms with van der Waals surface area (Å²) in [5.74, 6) is -0.428. The first-order valence-electron chi connectivity index (χ1n) is 5.72. The summed E-state index contributed by atoms with van der Waals surface area (Å²) in [6.07, 6.45) is -4.44. The van der Waals surface area contributed by atoms with E-state index in [-0.39, 0.29) is 29.0 Å². The molecule has 0 saturated carbocycles. The van der Waals surface area contributed by atoms with E-state index in [2.05, 4.69) is 5.32 Å². The van der Waals surface area contributed by atoms with E-state index in [1.165, 1.54) is 6.07 Å². The maximum Gasteiger partial charge on any atom is 0.416 e. The van der Waals surface area contributed by atoms with Gasteiger partial charge in [0.05, 0.1) is 11.3 Å². The van der Waals surface area contributed by atoms with Crippen LogP contribution < -0.4 is 16.8 Å². The summed E-state index contributed by atoms with van der Waals surface area (Å²) in [5, 5.41) is 2.78. The number of carbonyl (C=O) groups is 1. The van der Waals surface area contributed by atoms with Gasteiger partial charge >= 0.3 is 6.18 Å². The normalized spacial score (nSPS) is 11.8.